The van der Waals surface area contributed by atoms with Crippen LogP contribution in [0.4, 0.5) is 0 Å². The van der Waals surface area contributed by atoms with Gasteiger partial charge in [-0.1, -0.05) is 18.6 Å². The Kier molecular flexibility index (Phi) is 4.09. The maximum atomic E-state index is 3.80. The molecule has 1 nitrogen and oxygen atoms in total. The summed E-state index contributed by atoms with van der Waals surface area (Å²) in [6.07, 6.45) is 8.11. The number of rotatable bonds is 4. The van der Waals surface area contributed by atoms with Crippen LogP contribution in [0.15, 0.2) is 25.3 Å². The Balaban J connectivity index is 2.27. The molecule has 0 spiro atoms. The first-order chi connectivity index (χ1) is 5.86. The second-order valence-corrected chi connectivity index (χ2v) is 3.50. The van der Waals surface area contributed by atoms with Crippen molar-refractivity contribution in [1.82, 2.24) is 4.90 Å². The molecule has 1 fully saturated rings. The second-order valence-electron chi connectivity index (χ2n) is 3.50. The molecule has 0 bridgehead atoms. The summed E-state index contributed by atoms with van der Waals surface area (Å²) in [5, 5.41) is 0. The van der Waals surface area contributed by atoms with E-state index in [0.29, 0.717) is 5.92 Å². The van der Waals surface area contributed by atoms with E-state index in [2.05, 4.69) is 18.1 Å². The van der Waals surface area contributed by atoms with Gasteiger partial charge in [0.1, 0.15) is 0 Å². The molecule has 0 atom stereocenters. The zero-order valence-corrected chi connectivity index (χ0v) is 7.84. The summed E-state index contributed by atoms with van der Waals surface area (Å²) in [7, 11) is 0. The van der Waals surface area contributed by atoms with Crippen molar-refractivity contribution in [3.8, 4) is 0 Å². The molecule has 0 N–H and O–H groups in total. The highest BCUT2D eigenvalue weighted by Gasteiger charge is 2.11. The molecule has 1 rings (SSSR count). The van der Waals surface area contributed by atoms with E-state index in [9.17, 15) is 0 Å². The Labute approximate surface area is 75.8 Å². The van der Waals surface area contributed by atoms with Crippen molar-refractivity contribution in [2.24, 2.45) is 5.92 Å². The molecule has 0 amide bonds. The summed E-state index contributed by atoms with van der Waals surface area (Å²) in [5.41, 5.74) is 0. The van der Waals surface area contributed by atoms with Gasteiger partial charge in [0.2, 0.25) is 0 Å². The van der Waals surface area contributed by atoms with Crippen molar-refractivity contribution in [2.75, 3.05) is 19.6 Å². The maximum Gasteiger partial charge on any atom is 0.00790 e. The first-order valence-electron chi connectivity index (χ1n) is 4.84. The van der Waals surface area contributed by atoms with Gasteiger partial charge in [-0.25, -0.2) is 0 Å². The predicted octanol–water partition coefficient (Wildman–Crippen LogP) is 2.46. The number of nitrogens with zero attached hydrogens (tertiary/aromatic N) is 1. The highest BCUT2D eigenvalue weighted by molar-refractivity contribution is 4.93. The van der Waals surface area contributed by atoms with Crippen LogP contribution in [-0.4, -0.2) is 24.5 Å². The van der Waals surface area contributed by atoms with Crippen LogP contribution in [0, 0.1) is 5.92 Å². The molecule has 0 unspecified atom stereocenters. The lowest BCUT2D eigenvalue weighted by molar-refractivity contribution is 0.219. The minimum Gasteiger partial charge on any atom is -0.302 e. The highest BCUT2D eigenvalue weighted by Crippen LogP contribution is 2.11. The molecule has 68 valence electrons. The molecule has 12 heavy (non-hydrogen) atoms. The van der Waals surface area contributed by atoms with Gasteiger partial charge in [-0.05, 0) is 25.9 Å². The molecule has 1 heteroatoms. The summed E-state index contributed by atoms with van der Waals surface area (Å²) in [6, 6.07) is 0. The van der Waals surface area contributed by atoms with Crippen molar-refractivity contribution < 1.29 is 0 Å². The van der Waals surface area contributed by atoms with Crippen LogP contribution in [0.2, 0.25) is 0 Å². The molecule has 0 saturated carbocycles. The summed E-state index contributed by atoms with van der Waals surface area (Å²) < 4.78 is 0. The fourth-order valence-corrected chi connectivity index (χ4v) is 1.69. The van der Waals surface area contributed by atoms with Crippen molar-refractivity contribution in [2.45, 2.75) is 19.3 Å². The fraction of sp³-hybridized carbons (Fsp3) is 0.636. The van der Waals surface area contributed by atoms with Crippen molar-refractivity contribution in [1.29, 1.82) is 0 Å². The predicted molar refractivity (Wildman–Crippen MR) is 54.2 cm³/mol. The number of hydrogen-bond acceptors (Lipinski definition) is 1. The van der Waals surface area contributed by atoms with E-state index in [1.807, 2.05) is 12.2 Å². The van der Waals surface area contributed by atoms with E-state index >= 15 is 0 Å². The third-order valence-electron chi connectivity index (χ3n) is 2.52. The Bertz CT molecular complexity index is 137. The topological polar surface area (TPSA) is 3.24 Å². The van der Waals surface area contributed by atoms with Crippen molar-refractivity contribution in [3.05, 3.63) is 25.3 Å². The second kappa shape index (κ2) is 5.15. The zero-order chi connectivity index (χ0) is 8.81. The quantitative estimate of drug-likeness (QED) is 0.578. The molecular formula is C11H19N. The van der Waals surface area contributed by atoms with Gasteiger partial charge in [-0.2, -0.15) is 0 Å². The molecule has 1 aliphatic heterocycles. The summed E-state index contributed by atoms with van der Waals surface area (Å²) in [4.78, 5) is 2.51. The van der Waals surface area contributed by atoms with E-state index in [-0.39, 0.29) is 0 Å². The smallest absolute Gasteiger partial charge is 0.00790 e. The van der Waals surface area contributed by atoms with Crippen LogP contribution >= 0.6 is 0 Å². The van der Waals surface area contributed by atoms with E-state index < -0.39 is 0 Å². The first-order valence-corrected chi connectivity index (χ1v) is 4.84. The molecular weight excluding hydrogens is 146 g/mol. The van der Waals surface area contributed by atoms with E-state index in [0.717, 1.165) is 6.54 Å². The number of likely N-dealkylation sites (tertiary alicyclic amines) is 1. The van der Waals surface area contributed by atoms with Crippen LogP contribution in [0.3, 0.4) is 0 Å². The lowest BCUT2D eigenvalue weighted by atomic mass is 10.1. The van der Waals surface area contributed by atoms with E-state index in [4.69, 9.17) is 0 Å². The highest BCUT2D eigenvalue weighted by atomic mass is 15.1. The average Bonchev–Trinajstić information content (AvgIpc) is 2.16. The van der Waals surface area contributed by atoms with Crippen molar-refractivity contribution >= 4 is 0 Å². The molecule has 0 aromatic heterocycles. The van der Waals surface area contributed by atoms with Gasteiger partial charge in [0.05, 0.1) is 0 Å². The molecule has 0 aromatic rings. The van der Waals surface area contributed by atoms with E-state index in [1.54, 1.807) is 0 Å². The van der Waals surface area contributed by atoms with Gasteiger partial charge in [0.15, 0.2) is 0 Å². The molecule has 0 radical (unpaired) electrons. The van der Waals surface area contributed by atoms with Gasteiger partial charge in [-0.15, -0.1) is 13.2 Å². The molecule has 1 heterocycles. The van der Waals surface area contributed by atoms with Crippen LogP contribution in [0.1, 0.15) is 19.3 Å². The third kappa shape index (κ3) is 2.82. The Hall–Kier alpha value is -0.560. The van der Waals surface area contributed by atoms with Gasteiger partial charge < -0.3 is 4.90 Å². The molecule has 0 aliphatic carbocycles. The van der Waals surface area contributed by atoms with Gasteiger partial charge in [-0.3, -0.25) is 0 Å². The number of piperidine rings is 1. The van der Waals surface area contributed by atoms with Crippen LogP contribution < -0.4 is 0 Å². The maximum absolute atomic E-state index is 3.80. The largest absolute Gasteiger partial charge is 0.302 e. The van der Waals surface area contributed by atoms with Crippen LogP contribution in [0.5, 0.6) is 0 Å². The monoisotopic (exact) mass is 165 g/mol. The lowest BCUT2D eigenvalue weighted by Crippen LogP contribution is -2.33. The summed E-state index contributed by atoms with van der Waals surface area (Å²) in [6.45, 7) is 11.2. The fourth-order valence-electron chi connectivity index (χ4n) is 1.69. The Morgan fingerprint density at radius 2 is 1.67 bits per heavy atom. The zero-order valence-electron chi connectivity index (χ0n) is 7.84. The normalized spacial score (nSPS) is 19.4. The molecule has 1 aliphatic rings. The number of hydrogen-bond donors (Lipinski definition) is 0. The standard InChI is InChI=1S/C11H19N/c1-3-11(4-2)10-12-8-6-5-7-9-12/h3-4,11H,1-2,5-10H2. The third-order valence-corrected chi connectivity index (χ3v) is 2.52. The minimum atomic E-state index is 0.475. The van der Waals surface area contributed by atoms with Gasteiger partial charge in [0, 0.05) is 12.5 Å². The minimum absolute atomic E-state index is 0.475. The van der Waals surface area contributed by atoms with Gasteiger partial charge >= 0.3 is 0 Å². The van der Waals surface area contributed by atoms with E-state index in [1.165, 1.54) is 32.4 Å². The first kappa shape index (κ1) is 9.53. The lowest BCUT2D eigenvalue weighted by Gasteiger charge is -2.28. The Morgan fingerprint density at radius 3 is 2.17 bits per heavy atom. The van der Waals surface area contributed by atoms with Crippen LogP contribution in [-0.2, 0) is 0 Å². The van der Waals surface area contributed by atoms with Crippen LogP contribution in [0.25, 0.3) is 0 Å². The molecule has 0 aromatic carbocycles. The average molecular weight is 165 g/mol. The molecule has 1 saturated heterocycles. The van der Waals surface area contributed by atoms with Crippen molar-refractivity contribution in [3.63, 3.8) is 0 Å². The van der Waals surface area contributed by atoms with Gasteiger partial charge in [0.25, 0.3) is 0 Å². The summed E-state index contributed by atoms with van der Waals surface area (Å²) in [5.74, 6) is 0.475. The Morgan fingerprint density at radius 1 is 1.08 bits per heavy atom. The summed E-state index contributed by atoms with van der Waals surface area (Å²) >= 11 is 0. The SMILES string of the molecule is C=CC(C=C)CN1CCCCC1.